The number of alkyl carbamates (subject to hydrolysis) is 1. The van der Waals surface area contributed by atoms with Gasteiger partial charge in [-0.2, -0.15) is 0 Å². The number of aromatic nitrogens is 1. The first-order valence-corrected chi connectivity index (χ1v) is 18.5. The third kappa shape index (κ3) is 6.99. The quantitative estimate of drug-likeness (QED) is 0.150. The maximum Gasteiger partial charge on any atom is 0.407 e. The lowest BCUT2D eigenvalue weighted by atomic mass is 9.51. The summed E-state index contributed by atoms with van der Waals surface area (Å²) in [5.74, 6) is -2.67. The molecule has 5 aliphatic rings. The number of aliphatic hydroxyl groups excluding tert-OH is 1. The van der Waals surface area contributed by atoms with Gasteiger partial charge in [-0.1, -0.05) is 39.0 Å². The third-order valence-corrected chi connectivity index (χ3v) is 12.3. The number of esters is 2. The number of nitrogens with zero attached hydrogens (tertiary/aromatic N) is 2. The molecule has 3 fully saturated rings. The van der Waals surface area contributed by atoms with Gasteiger partial charge in [-0.25, -0.2) is 14.4 Å². The summed E-state index contributed by atoms with van der Waals surface area (Å²) in [6.07, 6.45) is 3.53. The van der Waals surface area contributed by atoms with Gasteiger partial charge >= 0.3 is 18.0 Å². The van der Waals surface area contributed by atoms with E-state index in [1.54, 1.807) is 25.3 Å². The number of rotatable bonds is 9. The summed E-state index contributed by atoms with van der Waals surface area (Å²) in [6.45, 7) is 15.1. The standard InChI is InChI=1S/C38H56N4O9/c1-22-20-23(2)38-26(11-12-37(5)32(38)29(43)24(3)31(33(37)51-38)50-34(44)27-10-8-13-39-27)21-28(47-7)35(45)49-30(22)25(4)48-36(46)40-14-9-15-42-18-16-41(6)17-19-42/h8,10-13,20,22,24-26,28-33,39,43H,9,14-19,21H2,1-7H3,(H,40,46)/b23-20+/t22-,24-,25+,26?,28-,29-,30-,31-,32-,33+,37-,38+/m0/s1. The molecule has 1 aromatic heterocycles. The van der Waals surface area contributed by atoms with Crippen LogP contribution in [0.2, 0.25) is 0 Å². The van der Waals surface area contributed by atoms with Crippen LogP contribution >= 0.6 is 0 Å². The number of hydrogen-bond acceptors (Lipinski definition) is 11. The minimum Gasteiger partial charge on any atom is -0.456 e. The van der Waals surface area contributed by atoms with Crippen LogP contribution in [0.15, 0.2) is 42.1 Å². The van der Waals surface area contributed by atoms with E-state index in [1.165, 1.54) is 7.11 Å². The smallest absolute Gasteiger partial charge is 0.407 e. The van der Waals surface area contributed by atoms with Crippen molar-refractivity contribution in [1.82, 2.24) is 20.1 Å². The second-order valence-electron chi connectivity index (χ2n) is 15.6. The lowest BCUT2D eigenvalue weighted by Crippen LogP contribution is -2.61. The maximum absolute atomic E-state index is 13.7. The SMILES string of the molecule is CO[C@H]1CC2C=C[C@]3(C)[C@@H]4O[C@@]2(/C(C)=C/[C@H](C)[C@@H]([C@@H](C)OC(=O)NCCCN2CCN(C)CC2)OC1=O)[C@H]3[C@@H](O)[C@H](C)[C@@H]4OC(=O)c1ccc[nH]1. The third-order valence-electron chi connectivity index (χ3n) is 12.3. The molecule has 12 atom stereocenters. The first kappa shape index (κ1) is 37.5. The van der Waals surface area contributed by atoms with E-state index in [2.05, 4.69) is 46.2 Å². The molecule has 3 aliphatic heterocycles. The number of cyclic esters (lactones) is 1. The Morgan fingerprint density at radius 3 is 2.65 bits per heavy atom. The van der Waals surface area contributed by atoms with E-state index < -0.39 is 83.4 Å². The van der Waals surface area contributed by atoms with Crippen LogP contribution in [0.3, 0.4) is 0 Å². The summed E-state index contributed by atoms with van der Waals surface area (Å²) in [4.78, 5) is 47.4. The molecule has 0 radical (unpaired) electrons. The normalized spacial score (nSPS) is 40.0. The van der Waals surface area contributed by atoms with Crippen molar-refractivity contribution in [2.45, 2.75) is 89.7 Å². The van der Waals surface area contributed by atoms with E-state index in [0.717, 1.165) is 44.7 Å². The summed E-state index contributed by atoms with van der Waals surface area (Å²) in [5.41, 5.74) is -0.520. The fourth-order valence-corrected chi connectivity index (χ4v) is 9.37. The highest BCUT2D eigenvalue weighted by Gasteiger charge is 2.73. The fraction of sp³-hybridized carbons (Fsp3) is 0.711. The number of carbonyl (C=O) groups excluding carboxylic acids is 3. The molecule has 1 unspecified atom stereocenters. The molecule has 282 valence electrons. The Morgan fingerprint density at radius 1 is 1.22 bits per heavy atom. The van der Waals surface area contributed by atoms with E-state index in [-0.39, 0.29) is 12.3 Å². The second kappa shape index (κ2) is 15.0. The fourth-order valence-electron chi connectivity index (χ4n) is 9.37. The van der Waals surface area contributed by atoms with E-state index in [4.69, 9.17) is 23.7 Å². The summed E-state index contributed by atoms with van der Waals surface area (Å²) in [5, 5.41) is 15.0. The van der Waals surface area contributed by atoms with Crippen LogP contribution in [0.1, 0.15) is 57.9 Å². The molecular formula is C38H56N4O9. The summed E-state index contributed by atoms with van der Waals surface area (Å²) in [6, 6.07) is 3.38. The molecule has 3 N–H and O–H groups in total. The lowest BCUT2D eigenvalue weighted by Gasteiger charge is -2.53. The molecule has 51 heavy (non-hydrogen) atoms. The first-order valence-electron chi connectivity index (χ1n) is 18.5. The number of methoxy groups -OCH3 is 1. The molecular weight excluding hydrogens is 656 g/mol. The van der Waals surface area contributed by atoms with Crippen LogP contribution in [0.5, 0.6) is 0 Å². The molecule has 13 heteroatoms. The van der Waals surface area contributed by atoms with Crippen molar-refractivity contribution in [1.29, 1.82) is 0 Å². The zero-order chi connectivity index (χ0) is 36.7. The van der Waals surface area contributed by atoms with Gasteiger partial charge in [0.1, 0.15) is 35.7 Å². The van der Waals surface area contributed by atoms with Gasteiger partial charge < -0.3 is 48.9 Å². The number of aromatic amines is 1. The molecule has 13 nitrogen and oxygen atoms in total. The largest absolute Gasteiger partial charge is 0.456 e. The van der Waals surface area contributed by atoms with E-state index in [9.17, 15) is 19.5 Å². The Balaban J connectivity index is 1.22. The number of hydrogen-bond donors (Lipinski definition) is 3. The molecule has 4 bridgehead atoms. The second-order valence-corrected chi connectivity index (χ2v) is 15.6. The highest BCUT2D eigenvalue weighted by molar-refractivity contribution is 5.87. The highest BCUT2D eigenvalue weighted by Crippen LogP contribution is 2.66. The van der Waals surface area contributed by atoms with Crippen molar-refractivity contribution in [2.24, 2.45) is 29.1 Å². The predicted octanol–water partition coefficient (Wildman–Crippen LogP) is 3.16. The summed E-state index contributed by atoms with van der Waals surface area (Å²) < 4.78 is 30.9. The van der Waals surface area contributed by atoms with Crippen LogP contribution < -0.4 is 5.32 Å². The van der Waals surface area contributed by atoms with Crippen molar-refractivity contribution in [3.05, 3.63) is 47.8 Å². The van der Waals surface area contributed by atoms with Crippen molar-refractivity contribution in [2.75, 3.05) is 53.4 Å². The topological polar surface area (TPSA) is 152 Å². The van der Waals surface area contributed by atoms with Gasteiger partial charge in [0, 0.05) is 75.1 Å². The average molecular weight is 713 g/mol. The Kier molecular flexibility index (Phi) is 11.1. The van der Waals surface area contributed by atoms with Gasteiger partial charge in [-0.15, -0.1) is 0 Å². The number of nitrogens with one attached hydrogen (secondary N) is 2. The molecule has 4 heterocycles. The molecule has 2 saturated heterocycles. The number of amides is 1. The molecule has 1 spiro atoms. The number of piperazine rings is 1. The summed E-state index contributed by atoms with van der Waals surface area (Å²) >= 11 is 0. The number of H-pyrrole nitrogens is 1. The van der Waals surface area contributed by atoms with E-state index >= 15 is 0 Å². The van der Waals surface area contributed by atoms with Gasteiger partial charge in [0.25, 0.3) is 0 Å². The zero-order valence-corrected chi connectivity index (χ0v) is 31.0. The van der Waals surface area contributed by atoms with E-state index in [0.29, 0.717) is 12.2 Å². The van der Waals surface area contributed by atoms with Crippen LogP contribution in [0, 0.1) is 29.1 Å². The average Bonchev–Trinajstić information content (AvgIpc) is 3.68. The Hall–Kier alpha value is -3.23. The van der Waals surface area contributed by atoms with Crippen molar-refractivity contribution in [3.8, 4) is 0 Å². The van der Waals surface area contributed by atoms with Gasteiger partial charge in [0.05, 0.1) is 6.10 Å². The molecule has 1 amide bonds. The molecule has 1 aromatic rings. The highest BCUT2D eigenvalue weighted by atomic mass is 16.6. The number of aliphatic hydroxyl groups is 1. The Labute approximate surface area is 301 Å². The van der Waals surface area contributed by atoms with Crippen LogP contribution in [-0.4, -0.2) is 134 Å². The van der Waals surface area contributed by atoms with Gasteiger partial charge in [0.15, 0.2) is 6.10 Å². The van der Waals surface area contributed by atoms with Crippen LogP contribution in [0.4, 0.5) is 4.79 Å². The molecule has 1 saturated carbocycles. The van der Waals surface area contributed by atoms with Crippen molar-refractivity contribution >= 4 is 18.0 Å². The van der Waals surface area contributed by atoms with Gasteiger partial charge in [-0.3, -0.25) is 0 Å². The van der Waals surface area contributed by atoms with Crippen molar-refractivity contribution < 1.29 is 43.2 Å². The van der Waals surface area contributed by atoms with Gasteiger partial charge in [0.2, 0.25) is 0 Å². The van der Waals surface area contributed by atoms with E-state index in [1.807, 2.05) is 26.8 Å². The Morgan fingerprint density at radius 2 is 1.96 bits per heavy atom. The number of carbonyl (C=O) groups is 3. The monoisotopic (exact) mass is 712 g/mol. The van der Waals surface area contributed by atoms with Crippen LogP contribution in [-0.2, 0) is 28.5 Å². The number of likely N-dealkylation sites (N-methyl/N-ethyl adjacent to an activating group) is 1. The first-order chi connectivity index (χ1) is 24.3. The minimum atomic E-state index is -1.03. The van der Waals surface area contributed by atoms with Crippen LogP contribution in [0.25, 0.3) is 0 Å². The summed E-state index contributed by atoms with van der Waals surface area (Å²) in [7, 11) is 3.60. The zero-order valence-electron chi connectivity index (χ0n) is 31.0. The lowest BCUT2D eigenvalue weighted by molar-refractivity contribution is -0.172. The Bertz CT molecular complexity index is 1480. The van der Waals surface area contributed by atoms with Gasteiger partial charge in [-0.05, 0) is 58.0 Å². The number of ether oxygens (including phenoxy) is 5. The predicted molar refractivity (Wildman–Crippen MR) is 188 cm³/mol. The molecule has 0 aromatic carbocycles. The van der Waals surface area contributed by atoms with Crippen molar-refractivity contribution in [3.63, 3.8) is 0 Å². The molecule has 2 aliphatic carbocycles. The molecule has 6 rings (SSSR count). The maximum atomic E-state index is 13.7. The minimum absolute atomic E-state index is 0.231.